The van der Waals surface area contributed by atoms with Crippen LogP contribution < -0.4 is 10.1 Å². The second-order valence-corrected chi connectivity index (χ2v) is 7.53. The van der Waals surface area contributed by atoms with E-state index in [9.17, 15) is 13.2 Å². The molecule has 1 heterocycles. The van der Waals surface area contributed by atoms with Crippen molar-refractivity contribution in [3.8, 4) is 16.9 Å². The summed E-state index contributed by atoms with van der Waals surface area (Å²) < 4.78 is 50.1. The Balaban J connectivity index is 1.79. The number of hydrogen-bond donors (Lipinski definition) is 1. The third-order valence-electron chi connectivity index (χ3n) is 5.50. The Morgan fingerprint density at radius 1 is 0.935 bits per heavy atom. The molecule has 1 aliphatic heterocycles. The first-order chi connectivity index (χ1) is 15.0. The molecule has 1 aliphatic rings. The summed E-state index contributed by atoms with van der Waals surface area (Å²) in [4.78, 5) is 0. The van der Waals surface area contributed by atoms with Crippen LogP contribution in [0.3, 0.4) is 0 Å². The maximum atomic E-state index is 13.2. The number of ether oxygens (including phenoxy) is 2. The fourth-order valence-electron chi connectivity index (χ4n) is 4.11. The summed E-state index contributed by atoms with van der Waals surface area (Å²) in [5.41, 5.74) is 3.12. The molecule has 3 aromatic carbocycles. The van der Waals surface area contributed by atoms with Crippen molar-refractivity contribution in [2.75, 3.05) is 19.7 Å². The Labute approximate surface area is 179 Å². The summed E-state index contributed by atoms with van der Waals surface area (Å²) >= 11 is 0. The number of benzene rings is 3. The lowest BCUT2D eigenvalue weighted by Crippen LogP contribution is -2.42. The van der Waals surface area contributed by atoms with Crippen molar-refractivity contribution in [2.45, 2.75) is 24.8 Å². The molecular formula is C25H24F3NO2. The molecule has 0 saturated carbocycles. The summed E-state index contributed by atoms with van der Waals surface area (Å²) in [5.74, 6) is -0.298. The van der Waals surface area contributed by atoms with Crippen molar-refractivity contribution in [3.63, 3.8) is 0 Å². The third kappa shape index (κ3) is 5.46. The first kappa shape index (κ1) is 21.4. The highest BCUT2D eigenvalue weighted by molar-refractivity contribution is 5.70. The van der Waals surface area contributed by atoms with Gasteiger partial charge in [-0.1, -0.05) is 72.8 Å². The zero-order chi connectivity index (χ0) is 21.7. The van der Waals surface area contributed by atoms with Crippen molar-refractivity contribution in [2.24, 2.45) is 0 Å². The predicted octanol–water partition coefficient (Wildman–Crippen LogP) is 5.57. The quantitative estimate of drug-likeness (QED) is 0.558. The van der Waals surface area contributed by atoms with E-state index in [-0.39, 0.29) is 17.8 Å². The van der Waals surface area contributed by atoms with E-state index in [1.165, 1.54) is 6.07 Å². The average Bonchev–Trinajstić information content (AvgIpc) is 2.79. The minimum Gasteiger partial charge on any atom is -0.405 e. The van der Waals surface area contributed by atoms with Crippen LogP contribution in [-0.2, 0) is 11.2 Å². The average molecular weight is 427 g/mol. The van der Waals surface area contributed by atoms with E-state index in [0.29, 0.717) is 25.1 Å². The van der Waals surface area contributed by atoms with E-state index in [0.717, 1.165) is 23.2 Å². The molecule has 6 heteroatoms. The fourth-order valence-corrected chi connectivity index (χ4v) is 4.11. The van der Waals surface area contributed by atoms with Crippen molar-refractivity contribution < 1.29 is 22.6 Å². The Hall–Kier alpha value is -2.83. The molecule has 0 spiro atoms. The minimum absolute atomic E-state index is 0.130. The number of halogens is 3. The highest BCUT2D eigenvalue weighted by atomic mass is 19.4. The monoisotopic (exact) mass is 427 g/mol. The van der Waals surface area contributed by atoms with Gasteiger partial charge < -0.3 is 14.8 Å². The summed E-state index contributed by atoms with van der Waals surface area (Å²) in [6.45, 7) is 1.98. The molecule has 4 rings (SSSR count). The van der Waals surface area contributed by atoms with Gasteiger partial charge >= 0.3 is 6.36 Å². The largest absolute Gasteiger partial charge is 0.573 e. The van der Waals surface area contributed by atoms with E-state index in [2.05, 4.69) is 10.1 Å². The lowest BCUT2D eigenvalue weighted by atomic mass is 9.84. The van der Waals surface area contributed by atoms with Crippen LogP contribution in [0.4, 0.5) is 13.2 Å². The van der Waals surface area contributed by atoms with E-state index in [4.69, 9.17) is 4.74 Å². The molecule has 3 aromatic rings. The molecule has 3 nitrogen and oxygen atoms in total. The molecule has 162 valence electrons. The third-order valence-corrected chi connectivity index (χ3v) is 5.50. The molecule has 1 saturated heterocycles. The maximum absolute atomic E-state index is 13.2. The van der Waals surface area contributed by atoms with Gasteiger partial charge in [0.05, 0.1) is 12.7 Å². The number of hydrogen-bond acceptors (Lipinski definition) is 3. The SMILES string of the molecule is FC(F)(F)Oc1cccc(-c2ccccc2)c1CC(c1ccccc1)C1CNCCO1. The van der Waals surface area contributed by atoms with Gasteiger partial charge in [0.15, 0.2) is 0 Å². The van der Waals surface area contributed by atoms with Gasteiger partial charge in [0.25, 0.3) is 0 Å². The molecule has 0 aliphatic carbocycles. The van der Waals surface area contributed by atoms with Crippen molar-refractivity contribution in [1.29, 1.82) is 0 Å². The van der Waals surface area contributed by atoms with Crippen LogP contribution in [0.5, 0.6) is 5.75 Å². The van der Waals surface area contributed by atoms with E-state index in [1.54, 1.807) is 6.07 Å². The first-order valence-electron chi connectivity index (χ1n) is 10.3. The van der Waals surface area contributed by atoms with E-state index >= 15 is 0 Å². The predicted molar refractivity (Wildman–Crippen MR) is 114 cm³/mol. The highest BCUT2D eigenvalue weighted by Crippen LogP contribution is 2.38. The second-order valence-electron chi connectivity index (χ2n) is 7.53. The minimum atomic E-state index is -4.77. The van der Waals surface area contributed by atoms with Crippen LogP contribution in [0, 0.1) is 0 Å². The van der Waals surface area contributed by atoms with Crippen molar-refractivity contribution >= 4 is 0 Å². The van der Waals surface area contributed by atoms with Crippen LogP contribution in [0.1, 0.15) is 17.0 Å². The summed E-state index contributed by atoms with van der Waals surface area (Å²) in [5, 5.41) is 3.33. The van der Waals surface area contributed by atoms with E-state index in [1.807, 2.05) is 66.7 Å². The Morgan fingerprint density at radius 2 is 1.65 bits per heavy atom. The van der Waals surface area contributed by atoms with Gasteiger partial charge in [0.1, 0.15) is 5.75 Å². The number of rotatable bonds is 6. The van der Waals surface area contributed by atoms with Crippen LogP contribution in [-0.4, -0.2) is 32.2 Å². The molecule has 2 unspecified atom stereocenters. The van der Waals surface area contributed by atoms with E-state index < -0.39 is 6.36 Å². The van der Waals surface area contributed by atoms with Gasteiger partial charge in [0.2, 0.25) is 0 Å². The normalized spacial score (nSPS) is 17.8. The second kappa shape index (κ2) is 9.54. The van der Waals surface area contributed by atoms with Gasteiger partial charge in [-0.15, -0.1) is 13.2 Å². The smallest absolute Gasteiger partial charge is 0.405 e. The first-order valence-corrected chi connectivity index (χ1v) is 10.3. The van der Waals surface area contributed by atoms with Crippen molar-refractivity contribution in [1.82, 2.24) is 5.32 Å². The van der Waals surface area contributed by atoms with Gasteiger partial charge in [-0.2, -0.15) is 0 Å². The van der Waals surface area contributed by atoms with Gasteiger partial charge in [-0.05, 0) is 29.2 Å². The Morgan fingerprint density at radius 3 is 2.29 bits per heavy atom. The molecule has 31 heavy (non-hydrogen) atoms. The Bertz CT molecular complexity index is 971. The number of morpholine rings is 1. The lowest BCUT2D eigenvalue weighted by molar-refractivity contribution is -0.274. The maximum Gasteiger partial charge on any atom is 0.573 e. The van der Waals surface area contributed by atoms with Crippen LogP contribution >= 0.6 is 0 Å². The molecule has 0 amide bonds. The standard InChI is InChI=1S/C25H24F3NO2/c26-25(27,28)31-23-13-7-12-20(18-8-3-1-4-9-18)22(23)16-21(19-10-5-2-6-11-19)24-17-29-14-15-30-24/h1-13,21,24,29H,14-17H2. The Kier molecular flexibility index (Phi) is 6.59. The molecule has 1 N–H and O–H groups in total. The zero-order valence-electron chi connectivity index (χ0n) is 16.9. The summed E-state index contributed by atoms with van der Waals surface area (Å²) in [7, 11) is 0. The lowest BCUT2D eigenvalue weighted by Gasteiger charge is -2.32. The molecule has 0 bridgehead atoms. The molecule has 1 fully saturated rings. The van der Waals surface area contributed by atoms with Crippen molar-refractivity contribution in [3.05, 3.63) is 90.0 Å². The van der Waals surface area contributed by atoms with Crippen LogP contribution in [0.25, 0.3) is 11.1 Å². The molecule has 2 atom stereocenters. The summed E-state index contributed by atoms with van der Waals surface area (Å²) in [6, 6.07) is 24.1. The van der Waals surface area contributed by atoms with Gasteiger partial charge in [0, 0.05) is 24.6 Å². The molecule has 0 radical (unpaired) electrons. The molecular weight excluding hydrogens is 403 g/mol. The highest BCUT2D eigenvalue weighted by Gasteiger charge is 2.34. The topological polar surface area (TPSA) is 30.5 Å². The number of alkyl halides is 3. The van der Waals surface area contributed by atoms with Gasteiger partial charge in [-0.25, -0.2) is 0 Å². The number of nitrogens with one attached hydrogen (secondary N) is 1. The molecule has 0 aromatic heterocycles. The zero-order valence-corrected chi connectivity index (χ0v) is 16.9. The van der Waals surface area contributed by atoms with Crippen LogP contribution in [0.15, 0.2) is 78.9 Å². The van der Waals surface area contributed by atoms with Gasteiger partial charge in [-0.3, -0.25) is 0 Å². The fraction of sp³-hybridized carbons (Fsp3) is 0.280. The summed E-state index contributed by atoms with van der Waals surface area (Å²) in [6.07, 6.45) is -4.57. The van der Waals surface area contributed by atoms with Crippen LogP contribution in [0.2, 0.25) is 0 Å².